The Bertz CT molecular complexity index is 379. The summed E-state index contributed by atoms with van der Waals surface area (Å²) in [5.74, 6) is -0.474. The van der Waals surface area contributed by atoms with Gasteiger partial charge in [-0.05, 0) is 7.05 Å². The van der Waals surface area contributed by atoms with Crippen molar-refractivity contribution in [1.82, 2.24) is 9.80 Å². The molecule has 0 spiro atoms. The van der Waals surface area contributed by atoms with E-state index < -0.39 is 0 Å². The molecule has 0 radical (unpaired) electrons. The van der Waals surface area contributed by atoms with Crippen LogP contribution in [0.3, 0.4) is 0 Å². The van der Waals surface area contributed by atoms with Gasteiger partial charge in [-0.2, -0.15) is 10.5 Å². The van der Waals surface area contributed by atoms with Gasteiger partial charge in [-0.1, -0.05) is 0 Å². The minimum Gasteiger partial charge on any atom is -0.469 e. The molecule has 0 saturated carbocycles. The zero-order chi connectivity index (χ0) is 15.4. The minimum absolute atomic E-state index is 0.147. The molecule has 0 aliphatic heterocycles. The number of hydrogen-bond acceptors (Lipinski definition) is 6. The van der Waals surface area contributed by atoms with Crippen LogP contribution in [0.4, 0.5) is 0 Å². The van der Waals surface area contributed by atoms with Crippen molar-refractivity contribution in [3.05, 3.63) is 0 Å². The topological polar surface area (TPSA) is 97.4 Å². The number of likely N-dealkylation sites (N-methyl/N-ethyl adjacent to an activating group) is 1. The third-order valence-corrected chi connectivity index (χ3v) is 2.67. The summed E-state index contributed by atoms with van der Waals surface area (Å²) < 4.78 is 4.53. The summed E-state index contributed by atoms with van der Waals surface area (Å²) >= 11 is 0. The van der Waals surface area contributed by atoms with Crippen LogP contribution >= 0.6 is 0 Å². The lowest BCUT2D eigenvalue weighted by Gasteiger charge is -2.23. The van der Waals surface area contributed by atoms with Crippen molar-refractivity contribution in [2.75, 3.05) is 40.3 Å². The van der Waals surface area contributed by atoms with Crippen LogP contribution in [0, 0.1) is 22.7 Å². The van der Waals surface area contributed by atoms with Crippen molar-refractivity contribution < 1.29 is 14.3 Å². The van der Waals surface area contributed by atoms with Crippen molar-refractivity contribution in [3.63, 3.8) is 0 Å². The van der Waals surface area contributed by atoms with E-state index in [1.165, 1.54) is 12.0 Å². The smallest absolute Gasteiger partial charge is 0.306 e. The van der Waals surface area contributed by atoms with E-state index in [1.54, 1.807) is 11.9 Å². The lowest BCUT2D eigenvalue weighted by atomic mass is 10.3. The third kappa shape index (κ3) is 8.06. The maximum absolute atomic E-state index is 12.0. The Morgan fingerprint density at radius 3 is 2.10 bits per heavy atom. The highest BCUT2D eigenvalue weighted by Crippen LogP contribution is 1.98. The molecule has 110 valence electrons. The third-order valence-electron chi connectivity index (χ3n) is 2.67. The number of hydrogen-bond donors (Lipinski definition) is 0. The van der Waals surface area contributed by atoms with Gasteiger partial charge in [0.2, 0.25) is 5.91 Å². The molecule has 0 aromatic rings. The first kappa shape index (κ1) is 17.9. The van der Waals surface area contributed by atoms with Gasteiger partial charge >= 0.3 is 5.97 Å². The molecule has 1 amide bonds. The predicted molar refractivity (Wildman–Crippen MR) is 71.2 cm³/mol. The van der Waals surface area contributed by atoms with Crippen LogP contribution in [-0.2, 0) is 14.3 Å². The zero-order valence-electron chi connectivity index (χ0n) is 12.0. The molecule has 0 aromatic carbocycles. The molecule has 0 N–H and O–H groups in total. The van der Waals surface area contributed by atoms with E-state index in [0.717, 1.165) is 0 Å². The average Bonchev–Trinajstić information content (AvgIpc) is 2.44. The molecule has 0 rings (SSSR count). The maximum Gasteiger partial charge on any atom is 0.306 e. The van der Waals surface area contributed by atoms with Crippen LogP contribution < -0.4 is 0 Å². The highest BCUT2D eigenvalue weighted by Gasteiger charge is 2.15. The van der Waals surface area contributed by atoms with Crippen LogP contribution in [0.2, 0.25) is 0 Å². The first-order valence-electron chi connectivity index (χ1n) is 6.32. The molecule has 20 heavy (non-hydrogen) atoms. The van der Waals surface area contributed by atoms with Gasteiger partial charge in [0, 0.05) is 19.6 Å². The molecular formula is C13H20N4O3. The number of carbonyl (C=O) groups is 2. The number of rotatable bonds is 9. The van der Waals surface area contributed by atoms with Crippen LogP contribution in [0.15, 0.2) is 0 Å². The molecule has 7 heteroatoms. The maximum atomic E-state index is 12.0. The van der Waals surface area contributed by atoms with E-state index in [2.05, 4.69) is 4.74 Å². The van der Waals surface area contributed by atoms with Gasteiger partial charge in [0.1, 0.15) is 0 Å². The highest BCUT2D eigenvalue weighted by molar-refractivity contribution is 5.78. The number of nitriles is 2. The van der Waals surface area contributed by atoms with Crippen molar-refractivity contribution in [2.45, 2.75) is 19.3 Å². The Morgan fingerprint density at radius 1 is 1.10 bits per heavy atom. The number of ether oxygens (including phenoxy) is 1. The molecule has 0 heterocycles. The second-order valence-corrected chi connectivity index (χ2v) is 4.26. The minimum atomic E-state index is -0.324. The van der Waals surface area contributed by atoms with Crippen LogP contribution in [0.1, 0.15) is 19.3 Å². The fraction of sp³-hybridized carbons (Fsp3) is 0.692. The molecule has 0 bridgehead atoms. The van der Waals surface area contributed by atoms with E-state index in [4.69, 9.17) is 10.5 Å². The summed E-state index contributed by atoms with van der Waals surface area (Å²) in [6.45, 7) is 1.21. The van der Waals surface area contributed by atoms with Gasteiger partial charge in [-0.3, -0.25) is 14.5 Å². The van der Waals surface area contributed by atoms with Crippen molar-refractivity contribution in [3.8, 4) is 12.1 Å². The molecule has 0 atom stereocenters. The average molecular weight is 280 g/mol. The molecule has 0 aromatic heterocycles. The van der Waals surface area contributed by atoms with E-state index in [9.17, 15) is 9.59 Å². The van der Waals surface area contributed by atoms with E-state index in [1.807, 2.05) is 12.1 Å². The number of methoxy groups -OCH3 is 1. The molecular weight excluding hydrogens is 260 g/mol. The van der Waals surface area contributed by atoms with Gasteiger partial charge in [0.25, 0.3) is 0 Å². The number of nitrogens with zero attached hydrogens (tertiary/aromatic N) is 4. The molecule has 0 aliphatic carbocycles. The lowest BCUT2D eigenvalue weighted by Crippen LogP contribution is -2.40. The summed E-state index contributed by atoms with van der Waals surface area (Å²) in [4.78, 5) is 26.2. The summed E-state index contributed by atoms with van der Waals surface area (Å²) in [6.07, 6.45) is 0.697. The van der Waals surface area contributed by atoms with Crippen molar-refractivity contribution in [1.29, 1.82) is 10.5 Å². The Balaban J connectivity index is 4.25. The monoisotopic (exact) mass is 280 g/mol. The van der Waals surface area contributed by atoms with E-state index in [0.29, 0.717) is 19.6 Å². The largest absolute Gasteiger partial charge is 0.469 e. The molecule has 0 saturated heterocycles. The Labute approximate surface area is 119 Å². The van der Waals surface area contributed by atoms with Crippen LogP contribution in [0.5, 0.6) is 0 Å². The van der Waals surface area contributed by atoms with E-state index in [-0.39, 0.29) is 37.7 Å². The quantitative estimate of drug-likeness (QED) is 0.557. The molecule has 0 unspecified atom stereocenters. The van der Waals surface area contributed by atoms with Crippen LogP contribution in [0.25, 0.3) is 0 Å². The lowest BCUT2D eigenvalue weighted by molar-refractivity contribution is -0.141. The van der Waals surface area contributed by atoms with Gasteiger partial charge in [-0.15, -0.1) is 0 Å². The van der Waals surface area contributed by atoms with E-state index >= 15 is 0 Å². The summed E-state index contributed by atoms with van der Waals surface area (Å²) in [5, 5.41) is 17.1. The fourth-order valence-electron chi connectivity index (χ4n) is 1.53. The Morgan fingerprint density at radius 2 is 1.65 bits per heavy atom. The second kappa shape index (κ2) is 10.8. The Kier molecular flexibility index (Phi) is 9.63. The molecule has 0 aliphatic rings. The fourth-order valence-corrected chi connectivity index (χ4v) is 1.53. The van der Waals surface area contributed by atoms with Gasteiger partial charge in [0.15, 0.2) is 0 Å². The number of esters is 1. The number of carbonyl (C=O) groups excluding carboxylic acids is 2. The van der Waals surface area contributed by atoms with Crippen molar-refractivity contribution in [2.24, 2.45) is 0 Å². The second-order valence-electron chi connectivity index (χ2n) is 4.26. The molecule has 0 fully saturated rings. The first-order valence-corrected chi connectivity index (χ1v) is 6.32. The Hall–Kier alpha value is -2.12. The highest BCUT2D eigenvalue weighted by atomic mass is 16.5. The predicted octanol–water partition coefficient (Wildman–Crippen LogP) is 0.137. The SMILES string of the molecule is COC(=O)CCN(C)CC(=O)N(CCC#N)CCC#N. The number of amides is 1. The van der Waals surface area contributed by atoms with Crippen molar-refractivity contribution >= 4 is 11.9 Å². The summed E-state index contributed by atoms with van der Waals surface area (Å²) in [6, 6.07) is 3.96. The first-order chi connectivity index (χ1) is 9.54. The van der Waals surface area contributed by atoms with Gasteiger partial charge in [0.05, 0.1) is 45.1 Å². The van der Waals surface area contributed by atoms with Gasteiger partial charge in [-0.25, -0.2) is 0 Å². The zero-order valence-corrected chi connectivity index (χ0v) is 12.0. The molecule has 7 nitrogen and oxygen atoms in total. The summed E-state index contributed by atoms with van der Waals surface area (Å²) in [5.41, 5.74) is 0. The summed E-state index contributed by atoms with van der Waals surface area (Å²) in [7, 11) is 3.05. The normalized spacial score (nSPS) is 9.65. The standard InChI is InChI=1S/C13H20N4O3/c1-16(10-5-13(19)20-2)11-12(18)17(8-3-6-14)9-4-7-15/h3-5,8-11H2,1-2H3. The van der Waals surface area contributed by atoms with Gasteiger partial charge < -0.3 is 9.64 Å². The van der Waals surface area contributed by atoms with Crippen LogP contribution in [-0.4, -0.2) is 62.0 Å².